The number of hydrogen-bond donors (Lipinski definition) is 8. The first-order chi connectivity index (χ1) is 61.6. The van der Waals surface area contributed by atoms with Gasteiger partial charge in [-0.3, -0.25) is 4.79 Å². The van der Waals surface area contributed by atoms with Crippen molar-refractivity contribution >= 4 is 156 Å². The minimum atomic E-state index is -1.42. The van der Waals surface area contributed by atoms with Crippen LogP contribution in [0.2, 0.25) is 20.1 Å². The Balaban J connectivity index is 0.000000102. The normalized spacial score (nSPS) is 12.1. The second-order valence-electron chi connectivity index (χ2n) is 30.3. The fourth-order valence-corrected chi connectivity index (χ4v) is 17.5. The number of fused-ring (bicyclic) bond motifs is 19. The average Bonchev–Trinajstić information content (AvgIpc) is 1.58. The molecule has 10 N–H and O–H groups in total. The van der Waals surface area contributed by atoms with Crippen LogP contribution in [0.25, 0.3) is 132 Å². The van der Waals surface area contributed by atoms with Crippen LogP contribution < -0.4 is 35.8 Å². The standard InChI is InChI=1S/C20H15NO.C19H13N.C18H16N2O.C17H14N2.C16H11F3N2O2.C12H4Cl4O2.CH4/c1-22-20-18-13(10-12-6-2-3-7-14(12)18)11-16-15-8-4-5-9-17(15)21-19(16)20;1-2-6-14-12(5-1)9-13-10-17-15-7-3-4-8-18(15)20-19(17)11-16(13)14;1-21-18-14-7-3-5-9-16(14)20-17(18)10-12-11-19-15-8-4-2-6-13(12)15;1-3-7-16-14(5-1)12(10-18-16)9-13-11-19-17-8-4-2-6-15(13)17;1-6-13(18)15(21)12-10(22)5-11(23-16(12)14(6)19)7-2-3-9(20)8(17)4-7;13-5-1-9-10(2-6(5)14)18-12-4-8(16)7(15)3-11(12)17-9;/h2-9,11,21H,10H2,1H3;1-8,10-11,20H,9H2;2-9,11,19-20H,10H2,1H3;1-8,10-11,18-19H,9H2;2-5H,20-21H2,1H3;1-4H;1H4/i;;;;;;1TD2. The van der Waals surface area contributed by atoms with Gasteiger partial charge in [0, 0.05) is 164 Å². The average molecular weight is 1730 g/mol. The Morgan fingerprint density at radius 1 is 0.452 bits per heavy atom. The molecule has 0 spiro atoms. The van der Waals surface area contributed by atoms with E-state index in [9.17, 15) is 18.0 Å². The number of methoxy groups -OCH3 is 2. The molecule has 21 aromatic rings. The Morgan fingerprint density at radius 2 is 0.903 bits per heavy atom. The first kappa shape index (κ1) is 77.1. The maximum absolute atomic E-state index is 14.2. The molecule has 0 saturated carbocycles. The van der Waals surface area contributed by atoms with Gasteiger partial charge in [-0.05, 0) is 154 Å². The summed E-state index contributed by atoms with van der Waals surface area (Å²) in [6.07, 6.45) is 10.1. The number of aromatic amines is 6. The van der Waals surface area contributed by atoms with E-state index >= 15 is 0 Å². The molecule has 14 aromatic carbocycles. The topological polar surface area (TPSA) is 214 Å². The van der Waals surface area contributed by atoms with Gasteiger partial charge in [-0.1, -0.05) is 205 Å². The van der Waals surface area contributed by atoms with Gasteiger partial charge in [0.05, 0.1) is 62.3 Å². The monoisotopic (exact) mass is 1720 g/mol. The van der Waals surface area contributed by atoms with E-state index in [4.69, 9.17) is 85.3 Å². The van der Waals surface area contributed by atoms with Crippen LogP contribution >= 0.6 is 46.4 Å². The molecule has 0 amide bonds. The SMILES string of the molecule is COc1c(Cc2c[nH]c3ccccc23)[nH]c2ccccc12.COc1c2c(cc3c1[nH]c1ccccc13)Cc1ccccc1-2.Cc1c(F)c(N)c2c(=O)cc(-c3ccc(N)c(F)c3)oc2c1F.Clc1cc2c(cc1Cl)Oc1cc(Cl)c(Cl)cc1O2.[2H]C([2H])[3H].c1ccc2c(Cc3c[nH]c4ccccc34)c[nH]c2c1.c1ccc2c(c1)Cc1cc3c(cc1-2)[nH]c1ccccc13. The van der Waals surface area contributed by atoms with Gasteiger partial charge in [0.25, 0.3) is 0 Å². The van der Waals surface area contributed by atoms with E-state index in [1.807, 2.05) is 18.2 Å². The Morgan fingerprint density at radius 3 is 1.45 bits per heavy atom. The molecule has 2 aliphatic carbocycles. The van der Waals surface area contributed by atoms with Crippen LogP contribution in [0.15, 0.2) is 289 Å². The molecule has 124 heavy (non-hydrogen) atoms. The number of nitrogen functional groups attached to an aromatic ring is 2. The van der Waals surface area contributed by atoms with Crippen LogP contribution in [0.5, 0.6) is 34.5 Å². The number of aromatic nitrogens is 6. The third-order valence-corrected chi connectivity index (χ3v) is 24.3. The van der Waals surface area contributed by atoms with Crippen LogP contribution in [-0.4, -0.2) is 44.1 Å². The highest BCUT2D eigenvalue weighted by Crippen LogP contribution is 2.52. The summed E-state index contributed by atoms with van der Waals surface area (Å²) >= 11 is 23.7. The lowest BCUT2D eigenvalue weighted by Gasteiger charge is -2.21. The molecule has 24 rings (SSSR count). The van der Waals surface area contributed by atoms with Crippen molar-refractivity contribution in [2.24, 2.45) is 0 Å². The van der Waals surface area contributed by atoms with E-state index < -0.39 is 41.5 Å². The van der Waals surface area contributed by atoms with Gasteiger partial charge >= 0.3 is 0 Å². The highest BCUT2D eigenvalue weighted by molar-refractivity contribution is 6.43. The van der Waals surface area contributed by atoms with Crippen molar-refractivity contribution in [2.45, 2.75) is 40.0 Å². The minimum Gasteiger partial charge on any atom is -0.494 e. The molecule has 1 aliphatic heterocycles. The predicted octanol–water partition coefficient (Wildman–Crippen LogP) is 28.5. The summed E-state index contributed by atoms with van der Waals surface area (Å²) in [4.78, 5) is 32.7. The number of hydrogen-bond acceptors (Lipinski definition) is 8. The zero-order chi connectivity index (χ0) is 88.0. The molecule has 8 heterocycles. The number of nitrogens with one attached hydrogen (secondary N) is 6. The minimum absolute atomic E-state index is 0.0780. The van der Waals surface area contributed by atoms with E-state index in [2.05, 4.69) is 243 Å². The molecule has 0 fully saturated rings. The third-order valence-electron chi connectivity index (χ3n) is 22.8. The molecule has 614 valence electrons. The number of H-pyrrole nitrogens is 6. The van der Waals surface area contributed by atoms with Crippen LogP contribution in [0.3, 0.4) is 0 Å². The Hall–Kier alpha value is -14.2. The van der Waals surface area contributed by atoms with Gasteiger partial charge in [-0.25, -0.2) is 13.2 Å². The third kappa shape index (κ3) is 15.1. The van der Waals surface area contributed by atoms with Crippen molar-refractivity contribution in [2.75, 3.05) is 25.7 Å². The van der Waals surface area contributed by atoms with Gasteiger partial charge in [0.1, 0.15) is 17.3 Å². The van der Waals surface area contributed by atoms with Gasteiger partial charge in [0.15, 0.2) is 51.4 Å². The van der Waals surface area contributed by atoms with Crippen molar-refractivity contribution < 1.29 is 40.6 Å². The van der Waals surface area contributed by atoms with Gasteiger partial charge < -0.3 is 64.7 Å². The number of para-hydroxylation sites is 6. The fraction of sp³-hybridized carbons (Fsp3) is 0.0777. The highest BCUT2D eigenvalue weighted by Gasteiger charge is 2.28. The van der Waals surface area contributed by atoms with E-state index in [1.165, 1.54) is 146 Å². The van der Waals surface area contributed by atoms with Crippen molar-refractivity contribution in [1.29, 1.82) is 0 Å². The fourth-order valence-electron chi connectivity index (χ4n) is 16.9. The first-order valence-corrected chi connectivity index (χ1v) is 41.1. The smallest absolute Gasteiger partial charge is 0.195 e. The summed E-state index contributed by atoms with van der Waals surface area (Å²) in [5.41, 5.74) is 34.4. The first-order valence-electron chi connectivity index (χ1n) is 41.3. The summed E-state index contributed by atoms with van der Waals surface area (Å²) in [5.74, 6) is 1.02. The summed E-state index contributed by atoms with van der Waals surface area (Å²) < 4.78 is 87.4. The molecule has 21 heteroatoms. The molecule has 0 saturated heterocycles. The zero-order valence-electron chi connectivity index (χ0n) is 69.7. The van der Waals surface area contributed by atoms with Crippen LogP contribution in [0.1, 0.15) is 61.7 Å². The van der Waals surface area contributed by atoms with Crippen molar-refractivity contribution in [3.05, 3.63) is 377 Å². The second kappa shape index (κ2) is 33.7. The van der Waals surface area contributed by atoms with Crippen LogP contribution in [0.4, 0.5) is 24.5 Å². The van der Waals surface area contributed by atoms with Crippen molar-refractivity contribution in [3.63, 3.8) is 0 Å². The van der Waals surface area contributed by atoms with Crippen molar-refractivity contribution in [1.82, 2.24) is 29.9 Å². The zero-order valence-corrected chi connectivity index (χ0v) is 69.7. The maximum Gasteiger partial charge on any atom is 0.195 e. The number of anilines is 2. The van der Waals surface area contributed by atoms with Gasteiger partial charge in [-0.2, -0.15) is 0 Å². The van der Waals surface area contributed by atoms with Crippen LogP contribution in [-0.2, 0) is 25.7 Å². The highest BCUT2D eigenvalue weighted by atomic mass is 35.5. The van der Waals surface area contributed by atoms with Crippen LogP contribution in [0, 0.1) is 24.4 Å². The summed E-state index contributed by atoms with van der Waals surface area (Å²) in [7, 11) is 2.08. The largest absolute Gasteiger partial charge is 0.494 e. The number of benzene rings is 14. The second-order valence-corrected chi connectivity index (χ2v) is 31.9. The molecular formula is C103H77Cl4F3N8O6. The number of nitrogens with two attached hydrogens (primary N) is 2. The van der Waals surface area contributed by atoms with E-state index in [0.717, 1.165) is 76.9 Å². The molecule has 0 atom stereocenters. The Bertz CT molecular complexity index is 7730. The molecule has 0 bridgehead atoms. The van der Waals surface area contributed by atoms with Crippen molar-refractivity contribution in [3.8, 4) is 68.1 Å². The Labute approximate surface area is 732 Å². The molecular weight excluding hydrogens is 1640 g/mol. The van der Waals surface area contributed by atoms with Gasteiger partial charge in [-0.15, -0.1) is 0 Å². The molecule has 0 radical (unpaired) electrons. The summed E-state index contributed by atoms with van der Waals surface area (Å²) in [6.45, 7) is 1.18. The lowest BCUT2D eigenvalue weighted by Crippen LogP contribution is -2.09. The molecule has 0 unspecified atom stereocenters. The number of ether oxygens (including phenoxy) is 4. The maximum atomic E-state index is 14.2. The quantitative estimate of drug-likeness (QED) is 0.0717. The lowest BCUT2D eigenvalue weighted by atomic mass is 10.0. The molecule has 7 aromatic heterocycles. The van der Waals surface area contributed by atoms with E-state index in [1.54, 1.807) is 38.5 Å². The van der Waals surface area contributed by atoms with Gasteiger partial charge in [0.2, 0.25) is 0 Å². The number of rotatable bonds is 7. The van der Waals surface area contributed by atoms with E-state index in [0.29, 0.717) is 43.1 Å². The molecule has 14 nitrogen and oxygen atoms in total. The lowest BCUT2D eigenvalue weighted by molar-refractivity contribution is 0.359. The predicted molar refractivity (Wildman–Crippen MR) is 501 cm³/mol. The number of halogens is 7. The molecule has 3 aliphatic rings. The summed E-state index contributed by atoms with van der Waals surface area (Å²) in [5, 5.41) is 11.4. The Kier molecular flexibility index (Phi) is 20.9. The summed E-state index contributed by atoms with van der Waals surface area (Å²) in [6, 6.07) is 85.9. The van der Waals surface area contributed by atoms with E-state index in [-0.39, 0.29) is 28.0 Å².